The molecule has 0 spiro atoms. The van der Waals surface area contributed by atoms with Gasteiger partial charge in [-0.2, -0.15) is 0 Å². The highest BCUT2D eigenvalue weighted by Crippen LogP contribution is 2.27. The van der Waals surface area contributed by atoms with Crippen LogP contribution >= 0.6 is 11.3 Å². The Bertz CT molecular complexity index is 808. The fraction of sp³-hybridized carbons (Fsp3) is 0.353. The first kappa shape index (κ1) is 20.5. The summed E-state index contributed by atoms with van der Waals surface area (Å²) in [6, 6.07) is 6.13. The third-order valence-corrected chi connectivity index (χ3v) is 4.82. The van der Waals surface area contributed by atoms with Crippen LogP contribution in [0.1, 0.15) is 41.8 Å². The second-order valence-corrected chi connectivity index (χ2v) is 6.82. The van der Waals surface area contributed by atoms with Crippen molar-refractivity contribution in [2.75, 3.05) is 6.54 Å². The third-order valence-electron chi connectivity index (χ3n) is 3.77. The van der Waals surface area contributed by atoms with E-state index in [1.807, 2.05) is 0 Å². The van der Waals surface area contributed by atoms with Gasteiger partial charge in [-0.1, -0.05) is 25.0 Å². The highest BCUT2D eigenvalue weighted by atomic mass is 32.1. The monoisotopic (exact) mass is 392 g/mol. The number of carbonyl (C=O) groups is 2. The van der Waals surface area contributed by atoms with Gasteiger partial charge in [0.2, 0.25) is 5.91 Å². The molecule has 2 rings (SSSR count). The lowest BCUT2D eigenvalue weighted by molar-refractivity contribution is -0.384. The van der Waals surface area contributed by atoms with Crippen LogP contribution in [0.2, 0.25) is 0 Å². The SMILES string of the molecule is O=C(CCCCCCNC(=O)c1cnc(-c2cccc([N+](=O)[O-])c2)s1)NO. The van der Waals surface area contributed by atoms with Crippen LogP contribution in [-0.2, 0) is 4.79 Å². The number of rotatable bonds is 10. The Morgan fingerprint density at radius 2 is 2.00 bits per heavy atom. The molecule has 0 aliphatic heterocycles. The molecule has 144 valence electrons. The van der Waals surface area contributed by atoms with Crippen molar-refractivity contribution < 1.29 is 19.7 Å². The number of nitrogens with zero attached hydrogens (tertiary/aromatic N) is 2. The van der Waals surface area contributed by atoms with Crippen LogP contribution in [0, 0.1) is 10.1 Å². The molecule has 0 atom stereocenters. The summed E-state index contributed by atoms with van der Waals surface area (Å²) in [6.45, 7) is 0.509. The van der Waals surface area contributed by atoms with Gasteiger partial charge in [0.1, 0.15) is 9.88 Å². The molecule has 10 heteroatoms. The normalized spacial score (nSPS) is 10.4. The van der Waals surface area contributed by atoms with Gasteiger partial charge in [0.15, 0.2) is 0 Å². The summed E-state index contributed by atoms with van der Waals surface area (Å²) in [5.41, 5.74) is 2.16. The molecule has 0 radical (unpaired) electrons. The summed E-state index contributed by atoms with van der Waals surface area (Å²) < 4.78 is 0. The van der Waals surface area contributed by atoms with Crippen LogP contribution in [0.15, 0.2) is 30.5 Å². The predicted octanol–water partition coefficient (Wildman–Crippen LogP) is 2.90. The maximum absolute atomic E-state index is 12.2. The van der Waals surface area contributed by atoms with Crippen LogP contribution in [0.4, 0.5) is 5.69 Å². The van der Waals surface area contributed by atoms with E-state index >= 15 is 0 Å². The van der Waals surface area contributed by atoms with Crippen LogP contribution in [0.3, 0.4) is 0 Å². The number of nitrogens with one attached hydrogen (secondary N) is 2. The van der Waals surface area contributed by atoms with Gasteiger partial charge in [-0.25, -0.2) is 10.5 Å². The van der Waals surface area contributed by atoms with Crippen molar-refractivity contribution in [2.45, 2.75) is 32.1 Å². The largest absolute Gasteiger partial charge is 0.351 e. The summed E-state index contributed by atoms with van der Waals surface area (Å²) in [4.78, 5) is 38.0. The van der Waals surface area contributed by atoms with Gasteiger partial charge < -0.3 is 5.32 Å². The van der Waals surface area contributed by atoms with Crippen molar-refractivity contribution in [3.05, 3.63) is 45.5 Å². The maximum Gasteiger partial charge on any atom is 0.270 e. The summed E-state index contributed by atoms with van der Waals surface area (Å²) >= 11 is 1.18. The molecule has 1 heterocycles. The predicted molar refractivity (Wildman–Crippen MR) is 99.6 cm³/mol. The van der Waals surface area contributed by atoms with E-state index in [1.54, 1.807) is 17.6 Å². The molecule has 0 aliphatic carbocycles. The maximum atomic E-state index is 12.2. The van der Waals surface area contributed by atoms with Gasteiger partial charge in [0, 0.05) is 30.7 Å². The summed E-state index contributed by atoms with van der Waals surface area (Å²) in [5.74, 6) is -0.628. The second-order valence-electron chi connectivity index (χ2n) is 5.79. The van der Waals surface area contributed by atoms with Crippen molar-refractivity contribution in [3.63, 3.8) is 0 Å². The van der Waals surface area contributed by atoms with Gasteiger partial charge in [-0.05, 0) is 12.8 Å². The van der Waals surface area contributed by atoms with E-state index in [9.17, 15) is 19.7 Å². The van der Waals surface area contributed by atoms with Crippen LogP contribution < -0.4 is 10.8 Å². The first-order valence-corrected chi connectivity index (χ1v) is 9.24. The second kappa shape index (κ2) is 10.3. The molecule has 0 aliphatic rings. The first-order chi connectivity index (χ1) is 13.0. The Labute approximate surface area is 159 Å². The molecule has 0 bridgehead atoms. The highest BCUT2D eigenvalue weighted by molar-refractivity contribution is 7.16. The number of benzene rings is 1. The third kappa shape index (κ3) is 6.42. The Morgan fingerprint density at radius 1 is 1.22 bits per heavy atom. The summed E-state index contributed by atoms with van der Waals surface area (Å²) in [5, 5.41) is 22.6. The number of hydrogen-bond donors (Lipinski definition) is 3. The van der Waals surface area contributed by atoms with Crippen molar-refractivity contribution in [1.82, 2.24) is 15.8 Å². The lowest BCUT2D eigenvalue weighted by atomic mass is 10.1. The highest BCUT2D eigenvalue weighted by Gasteiger charge is 2.13. The van der Waals surface area contributed by atoms with Gasteiger partial charge in [0.25, 0.3) is 11.6 Å². The first-order valence-electron chi connectivity index (χ1n) is 8.43. The van der Waals surface area contributed by atoms with Crippen molar-refractivity contribution in [2.24, 2.45) is 0 Å². The van der Waals surface area contributed by atoms with Crippen molar-refractivity contribution in [3.8, 4) is 10.6 Å². The topological polar surface area (TPSA) is 134 Å². The summed E-state index contributed by atoms with van der Waals surface area (Å²) in [6.07, 6.45) is 4.90. The molecule has 0 unspecified atom stereocenters. The molecular weight excluding hydrogens is 372 g/mol. The molecule has 1 aromatic carbocycles. The Kier molecular flexibility index (Phi) is 7.83. The van der Waals surface area contributed by atoms with Gasteiger partial charge in [0.05, 0.1) is 11.1 Å². The molecule has 2 amide bonds. The van der Waals surface area contributed by atoms with Crippen LogP contribution in [0.5, 0.6) is 0 Å². The molecule has 0 fully saturated rings. The minimum atomic E-state index is -0.471. The fourth-order valence-electron chi connectivity index (χ4n) is 2.37. The fourth-order valence-corrected chi connectivity index (χ4v) is 3.20. The number of aromatic nitrogens is 1. The molecule has 2 aromatic rings. The van der Waals surface area contributed by atoms with Gasteiger partial charge in [-0.3, -0.25) is 24.9 Å². The van der Waals surface area contributed by atoms with E-state index in [4.69, 9.17) is 5.21 Å². The zero-order valence-corrected chi connectivity index (χ0v) is 15.3. The smallest absolute Gasteiger partial charge is 0.270 e. The van der Waals surface area contributed by atoms with E-state index in [-0.39, 0.29) is 18.0 Å². The number of nitro groups is 1. The number of hydrogen-bond acceptors (Lipinski definition) is 7. The van der Waals surface area contributed by atoms with Crippen LogP contribution in [-0.4, -0.2) is 33.5 Å². The lowest BCUT2D eigenvalue weighted by Crippen LogP contribution is -2.23. The minimum Gasteiger partial charge on any atom is -0.351 e. The minimum absolute atomic E-state index is 0.0230. The number of non-ortho nitro benzene ring substituents is 1. The van der Waals surface area contributed by atoms with Gasteiger partial charge in [-0.15, -0.1) is 11.3 Å². The van der Waals surface area contributed by atoms with Crippen molar-refractivity contribution >= 4 is 28.8 Å². The molecule has 9 nitrogen and oxygen atoms in total. The lowest BCUT2D eigenvalue weighted by Gasteiger charge is -2.03. The number of carbonyl (C=O) groups excluding carboxylic acids is 2. The summed E-state index contributed by atoms with van der Waals surface area (Å²) in [7, 11) is 0. The van der Waals surface area contributed by atoms with E-state index in [0.29, 0.717) is 28.4 Å². The number of nitro benzene ring substituents is 1. The van der Waals surface area contributed by atoms with Gasteiger partial charge >= 0.3 is 0 Å². The van der Waals surface area contributed by atoms with E-state index in [2.05, 4.69) is 10.3 Å². The standard InChI is InChI=1S/C17H20N4O5S/c22-15(20-24)8-3-1-2-4-9-18-16(23)14-11-19-17(27-14)12-6-5-7-13(10-12)21(25)26/h5-7,10-11,24H,1-4,8-9H2,(H,18,23)(H,20,22). The number of thiazole rings is 1. The quantitative estimate of drug-likeness (QED) is 0.246. The van der Waals surface area contributed by atoms with E-state index in [1.165, 1.54) is 29.7 Å². The van der Waals surface area contributed by atoms with E-state index in [0.717, 1.165) is 19.3 Å². The number of unbranched alkanes of at least 4 members (excludes halogenated alkanes) is 3. The molecule has 0 saturated heterocycles. The van der Waals surface area contributed by atoms with Crippen LogP contribution in [0.25, 0.3) is 10.6 Å². The Hall–Kier alpha value is -2.85. The molecule has 3 N–H and O–H groups in total. The number of amides is 2. The van der Waals surface area contributed by atoms with Crippen molar-refractivity contribution in [1.29, 1.82) is 0 Å². The average molecular weight is 392 g/mol. The zero-order valence-electron chi connectivity index (χ0n) is 14.5. The molecule has 1 aromatic heterocycles. The molecule has 27 heavy (non-hydrogen) atoms. The van der Waals surface area contributed by atoms with E-state index < -0.39 is 10.8 Å². The average Bonchev–Trinajstić information content (AvgIpc) is 3.17. The zero-order chi connectivity index (χ0) is 19.6. The molecule has 0 saturated carbocycles. The molecular formula is C17H20N4O5S. The Balaban J connectivity index is 1.77. The Morgan fingerprint density at radius 3 is 2.74 bits per heavy atom. The number of hydroxylamine groups is 1.